The molecule has 2 N–H and O–H groups in total. The van der Waals surface area contributed by atoms with Gasteiger partial charge in [0, 0.05) is 13.0 Å². The van der Waals surface area contributed by atoms with E-state index in [2.05, 4.69) is 0 Å². The zero-order valence-corrected chi connectivity index (χ0v) is 11.3. The summed E-state index contributed by atoms with van der Waals surface area (Å²) in [6, 6.07) is 5.30. The third-order valence-electron chi connectivity index (χ3n) is 3.07. The van der Waals surface area contributed by atoms with Crippen LogP contribution >= 0.6 is 11.6 Å². The van der Waals surface area contributed by atoms with Gasteiger partial charge in [0.25, 0.3) is 5.91 Å². The van der Waals surface area contributed by atoms with Gasteiger partial charge in [0.1, 0.15) is 6.10 Å². The van der Waals surface area contributed by atoms with Gasteiger partial charge in [0.15, 0.2) is 0 Å². The van der Waals surface area contributed by atoms with E-state index in [-0.39, 0.29) is 12.0 Å². The molecule has 1 fully saturated rings. The van der Waals surface area contributed by atoms with Gasteiger partial charge in [-0.1, -0.05) is 17.7 Å². The second-order valence-electron chi connectivity index (χ2n) is 4.58. The van der Waals surface area contributed by atoms with Gasteiger partial charge in [-0.05, 0) is 24.6 Å². The van der Waals surface area contributed by atoms with Crippen molar-refractivity contribution in [3.63, 3.8) is 0 Å². The van der Waals surface area contributed by atoms with Crippen molar-refractivity contribution < 1.29 is 14.3 Å². The highest BCUT2D eigenvalue weighted by Gasteiger charge is 2.29. The summed E-state index contributed by atoms with van der Waals surface area (Å²) >= 11 is 6.07. The first-order valence-electron chi connectivity index (χ1n) is 5.99. The minimum absolute atomic E-state index is 0.152. The van der Waals surface area contributed by atoms with Gasteiger partial charge in [-0.15, -0.1) is 0 Å². The molecule has 1 heterocycles. The number of carbonyl (C=O) groups is 2. The molecule has 1 unspecified atom stereocenters. The van der Waals surface area contributed by atoms with Gasteiger partial charge in [0.2, 0.25) is 0 Å². The summed E-state index contributed by atoms with van der Waals surface area (Å²) in [6.07, 6.45) is -0.545. The van der Waals surface area contributed by atoms with Crippen LogP contribution in [0.15, 0.2) is 18.2 Å². The Morgan fingerprint density at radius 1 is 1.47 bits per heavy atom. The maximum atomic E-state index is 12.3. The van der Waals surface area contributed by atoms with E-state index in [1.165, 1.54) is 0 Å². The fraction of sp³-hybridized carbons (Fsp3) is 0.385. The highest BCUT2D eigenvalue weighted by Crippen LogP contribution is 2.22. The van der Waals surface area contributed by atoms with Crippen LogP contribution in [0.25, 0.3) is 0 Å². The van der Waals surface area contributed by atoms with Crippen LogP contribution in [0, 0.1) is 6.92 Å². The van der Waals surface area contributed by atoms with E-state index in [0.717, 1.165) is 5.56 Å². The summed E-state index contributed by atoms with van der Waals surface area (Å²) in [6.45, 7) is 2.79. The maximum Gasteiger partial charge on any atom is 0.404 e. The van der Waals surface area contributed by atoms with E-state index in [0.29, 0.717) is 30.1 Å². The lowest BCUT2D eigenvalue weighted by Crippen LogP contribution is -2.31. The molecule has 1 atom stereocenters. The van der Waals surface area contributed by atoms with Gasteiger partial charge in [0.05, 0.1) is 17.1 Å². The number of hydrogen-bond donors (Lipinski definition) is 1. The van der Waals surface area contributed by atoms with Crippen molar-refractivity contribution in [2.75, 3.05) is 13.1 Å². The lowest BCUT2D eigenvalue weighted by atomic mass is 10.1. The molecular formula is C13H15ClN2O3. The number of amides is 2. The summed E-state index contributed by atoms with van der Waals surface area (Å²) in [5.74, 6) is -0.152. The van der Waals surface area contributed by atoms with Gasteiger partial charge in [-0.3, -0.25) is 4.79 Å². The standard InChI is InChI=1S/C13H15ClN2O3/c1-8-2-3-10(11(14)6-8)12(17)16-5-4-9(7-16)19-13(15)18/h2-3,6,9H,4-5,7H2,1H3,(H2,15,18). The number of benzene rings is 1. The molecule has 2 rings (SSSR count). The topological polar surface area (TPSA) is 72.6 Å². The zero-order valence-electron chi connectivity index (χ0n) is 10.6. The molecule has 1 aliphatic heterocycles. The van der Waals surface area contributed by atoms with Crippen LogP contribution < -0.4 is 5.73 Å². The molecule has 1 aromatic rings. The molecule has 102 valence electrons. The van der Waals surface area contributed by atoms with E-state index < -0.39 is 6.09 Å². The average Bonchev–Trinajstić information content (AvgIpc) is 2.75. The summed E-state index contributed by atoms with van der Waals surface area (Å²) < 4.78 is 4.89. The summed E-state index contributed by atoms with van der Waals surface area (Å²) in [7, 11) is 0. The molecule has 6 heteroatoms. The molecule has 5 nitrogen and oxygen atoms in total. The van der Waals surface area contributed by atoms with Crippen LogP contribution in [0.4, 0.5) is 4.79 Å². The molecule has 0 aromatic heterocycles. The number of aryl methyl sites for hydroxylation is 1. The van der Waals surface area contributed by atoms with Crippen molar-refractivity contribution in [2.24, 2.45) is 5.73 Å². The number of ether oxygens (including phenoxy) is 1. The van der Waals surface area contributed by atoms with Gasteiger partial charge in [-0.25, -0.2) is 4.79 Å². The van der Waals surface area contributed by atoms with Gasteiger partial charge < -0.3 is 15.4 Å². The molecule has 0 saturated carbocycles. The van der Waals surface area contributed by atoms with Crippen molar-refractivity contribution in [2.45, 2.75) is 19.4 Å². The second kappa shape index (κ2) is 5.48. The predicted octanol–water partition coefficient (Wildman–Crippen LogP) is 1.96. The molecule has 1 aromatic carbocycles. The van der Waals surface area contributed by atoms with Crippen molar-refractivity contribution in [1.29, 1.82) is 0 Å². The highest BCUT2D eigenvalue weighted by atomic mass is 35.5. The van der Waals surface area contributed by atoms with Crippen molar-refractivity contribution >= 4 is 23.6 Å². The first-order valence-corrected chi connectivity index (χ1v) is 6.36. The minimum Gasteiger partial charge on any atom is -0.444 e. The average molecular weight is 283 g/mol. The van der Waals surface area contributed by atoms with Crippen molar-refractivity contribution in [3.05, 3.63) is 34.3 Å². The number of likely N-dealkylation sites (tertiary alicyclic amines) is 1. The number of halogens is 1. The van der Waals surface area contributed by atoms with Crippen molar-refractivity contribution in [1.82, 2.24) is 4.90 Å². The zero-order chi connectivity index (χ0) is 14.0. The fourth-order valence-corrected chi connectivity index (χ4v) is 2.45. The highest BCUT2D eigenvalue weighted by molar-refractivity contribution is 6.33. The van der Waals surface area contributed by atoms with Crippen molar-refractivity contribution in [3.8, 4) is 0 Å². The predicted molar refractivity (Wildman–Crippen MR) is 71.2 cm³/mol. The lowest BCUT2D eigenvalue weighted by Gasteiger charge is -2.17. The molecule has 1 aliphatic rings. The Morgan fingerprint density at radius 3 is 2.84 bits per heavy atom. The van der Waals surface area contributed by atoms with Gasteiger partial charge >= 0.3 is 6.09 Å². The Labute approximate surface area is 116 Å². The van der Waals surface area contributed by atoms with E-state index >= 15 is 0 Å². The molecule has 2 amide bonds. The van der Waals surface area contributed by atoms with Crippen LogP contribution in [-0.2, 0) is 4.74 Å². The van der Waals surface area contributed by atoms with E-state index in [1.807, 2.05) is 13.0 Å². The Balaban J connectivity index is 2.07. The molecule has 0 bridgehead atoms. The summed E-state index contributed by atoms with van der Waals surface area (Å²) in [5.41, 5.74) is 6.42. The van der Waals surface area contributed by atoms with Gasteiger partial charge in [-0.2, -0.15) is 0 Å². The minimum atomic E-state index is -0.812. The van der Waals surface area contributed by atoms with Crippen LogP contribution in [0.5, 0.6) is 0 Å². The smallest absolute Gasteiger partial charge is 0.404 e. The van der Waals surface area contributed by atoms with E-state index in [9.17, 15) is 9.59 Å². The first kappa shape index (κ1) is 13.7. The summed E-state index contributed by atoms with van der Waals surface area (Å²) in [5, 5.41) is 0.435. The lowest BCUT2D eigenvalue weighted by molar-refractivity contribution is 0.0739. The quantitative estimate of drug-likeness (QED) is 0.901. The first-order chi connectivity index (χ1) is 8.97. The fourth-order valence-electron chi connectivity index (χ4n) is 2.14. The molecule has 19 heavy (non-hydrogen) atoms. The number of primary amides is 1. The van der Waals surface area contributed by atoms with E-state index in [4.69, 9.17) is 22.1 Å². The largest absolute Gasteiger partial charge is 0.444 e. The third-order valence-corrected chi connectivity index (χ3v) is 3.38. The molecular weight excluding hydrogens is 268 g/mol. The third kappa shape index (κ3) is 3.17. The number of carbonyl (C=O) groups excluding carboxylic acids is 2. The Bertz CT molecular complexity index is 519. The number of rotatable bonds is 2. The second-order valence-corrected chi connectivity index (χ2v) is 4.99. The number of hydrogen-bond acceptors (Lipinski definition) is 3. The van der Waals surface area contributed by atoms with Crippen LogP contribution in [0.3, 0.4) is 0 Å². The number of nitrogens with two attached hydrogens (primary N) is 1. The Hall–Kier alpha value is -1.75. The SMILES string of the molecule is Cc1ccc(C(=O)N2CCC(OC(N)=O)C2)c(Cl)c1. The van der Waals surface area contributed by atoms with Crippen LogP contribution in [-0.4, -0.2) is 36.1 Å². The molecule has 0 aliphatic carbocycles. The normalized spacial score (nSPS) is 18.4. The Kier molecular flexibility index (Phi) is 3.95. The monoisotopic (exact) mass is 282 g/mol. The Morgan fingerprint density at radius 2 is 2.21 bits per heavy atom. The summed E-state index contributed by atoms with van der Waals surface area (Å²) in [4.78, 5) is 24.6. The van der Waals surface area contributed by atoms with Crippen LogP contribution in [0.2, 0.25) is 5.02 Å². The van der Waals surface area contributed by atoms with E-state index in [1.54, 1.807) is 17.0 Å². The van der Waals surface area contributed by atoms with Crippen LogP contribution in [0.1, 0.15) is 22.3 Å². The molecule has 0 spiro atoms. The molecule has 1 saturated heterocycles. The number of nitrogens with zero attached hydrogens (tertiary/aromatic N) is 1. The molecule has 0 radical (unpaired) electrons. The maximum absolute atomic E-state index is 12.3.